The Bertz CT molecular complexity index is 1460. The molecule has 0 aliphatic carbocycles. The monoisotopic (exact) mass is 595 g/mol. The number of anilines is 1. The second kappa shape index (κ2) is 11.0. The Morgan fingerprint density at radius 1 is 1.05 bits per heavy atom. The number of benzene rings is 3. The molecule has 1 fully saturated rings. The zero-order chi connectivity index (χ0) is 27.7. The first-order chi connectivity index (χ1) is 18.5. The summed E-state index contributed by atoms with van der Waals surface area (Å²) in [5.74, 6) is 0.139. The number of carbonyl (C=O) groups excluding carboxylic acids is 2. The Morgan fingerprint density at radius 2 is 1.79 bits per heavy atom. The van der Waals surface area contributed by atoms with E-state index in [2.05, 4.69) is 10.3 Å². The van der Waals surface area contributed by atoms with Gasteiger partial charge in [0.05, 0.1) is 17.8 Å². The Labute approximate surface area is 234 Å². The molecule has 202 valence electrons. The molecule has 2 aliphatic rings. The summed E-state index contributed by atoms with van der Waals surface area (Å²) in [5, 5.41) is 2.48. The lowest BCUT2D eigenvalue weighted by Crippen LogP contribution is -2.44. The van der Waals surface area contributed by atoms with E-state index in [0.717, 1.165) is 23.9 Å². The normalized spacial score (nSPS) is 18.0. The quantitative estimate of drug-likeness (QED) is 0.347. The smallest absolute Gasteiger partial charge is 0.416 e. The van der Waals surface area contributed by atoms with Gasteiger partial charge in [0.25, 0.3) is 0 Å². The van der Waals surface area contributed by atoms with Gasteiger partial charge in [-0.1, -0.05) is 47.1 Å². The summed E-state index contributed by atoms with van der Waals surface area (Å²) in [6.45, 7) is 0.132. The molecule has 0 aromatic heterocycles. The van der Waals surface area contributed by atoms with Crippen LogP contribution < -0.4 is 14.8 Å². The van der Waals surface area contributed by atoms with Gasteiger partial charge in [-0.2, -0.15) is 13.2 Å². The Balaban J connectivity index is 1.45. The summed E-state index contributed by atoms with van der Waals surface area (Å²) in [7, 11) is 0. The van der Waals surface area contributed by atoms with E-state index in [4.69, 9.17) is 32.7 Å². The highest BCUT2D eigenvalue weighted by molar-refractivity contribution is 8.15. The minimum atomic E-state index is -4.57. The number of aliphatic imine (C=N–C) groups is 1. The third-order valence-corrected chi connectivity index (χ3v) is 7.36. The lowest BCUT2D eigenvalue weighted by Gasteiger charge is -2.32. The van der Waals surface area contributed by atoms with Crippen LogP contribution in [0, 0.1) is 0 Å². The number of alkyl halides is 3. The third kappa shape index (κ3) is 6.43. The number of fused-ring (bicyclic) bond motifs is 1. The zero-order valence-corrected chi connectivity index (χ0v) is 22.1. The number of thioether (sulfide) groups is 1. The van der Waals surface area contributed by atoms with E-state index in [1.54, 1.807) is 18.2 Å². The molecule has 0 saturated carbocycles. The van der Waals surface area contributed by atoms with E-state index < -0.39 is 28.8 Å². The minimum Gasteiger partial charge on any atom is -0.454 e. The molecule has 13 heteroatoms. The highest BCUT2D eigenvalue weighted by Gasteiger charge is 2.37. The van der Waals surface area contributed by atoms with Crippen molar-refractivity contribution >= 4 is 63.3 Å². The van der Waals surface area contributed by atoms with Crippen LogP contribution in [-0.4, -0.2) is 33.9 Å². The molecule has 3 aromatic rings. The van der Waals surface area contributed by atoms with Crippen molar-refractivity contribution in [3.8, 4) is 11.5 Å². The predicted octanol–water partition coefficient (Wildman–Crippen LogP) is 6.90. The van der Waals surface area contributed by atoms with Crippen LogP contribution in [0.5, 0.6) is 11.5 Å². The lowest BCUT2D eigenvalue weighted by atomic mass is 10.1. The number of halogens is 5. The van der Waals surface area contributed by atoms with Crippen molar-refractivity contribution in [2.75, 3.05) is 12.1 Å². The topological polar surface area (TPSA) is 80.2 Å². The molecule has 1 atom stereocenters. The number of hydrogen-bond acceptors (Lipinski definition) is 6. The molecule has 1 N–H and O–H groups in total. The van der Waals surface area contributed by atoms with E-state index >= 15 is 0 Å². The molecule has 7 nitrogen and oxygen atoms in total. The molecular formula is C26H18Cl2F3N3O4S. The molecule has 39 heavy (non-hydrogen) atoms. The number of carbonyl (C=O) groups is 2. The van der Waals surface area contributed by atoms with Gasteiger partial charge in [-0.25, -0.2) is 4.99 Å². The fourth-order valence-corrected chi connectivity index (χ4v) is 5.55. The fraction of sp³-hybridized carbons (Fsp3) is 0.192. The number of amidine groups is 1. The molecule has 0 radical (unpaired) electrons. The lowest BCUT2D eigenvalue weighted by molar-refractivity contribution is -0.137. The average Bonchev–Trinajstić information content (AvgIpc) is 3.33. The summed E-state index contributed by atoms with van der Waals surface area (Å²) >= 11 is 13.0. The third-order valence-electron chi connectivity index (χ3n) is 5.74. The van der Waals surface area contributed by atoms with E-state index in [-0.39, 0.29) is 30.6 Å². The van der Waals surface area contributed by atoms with Gasteiger partial charge >= 0.3 is 6.18 Å². The summed E-state index contributed by atoms with van der Waals surface area (Å²) in [6.07, 6.45) is -4.74. The van der Waals surface area contributed by atoms with Crippen LogP contribution in [0.3, 0.4) is 0 Å². The van der Waals surface area contributed by atoms with Crippen molar-refractivity contribution in [1.29, 1.82) is 0 Å². The number of rotatable bonds is 5. The SMILES string of the molecule is O=C(Nc1cc(Cl)cc(Cl)c1)C1CC(=O)N(Cc2ccc3c(c2)OCO3)C(=Nc2cccc(C(F)(F)F)c2)S1. The first-order valence-corrected chi connectivity index (χ1v) is 13.1. The molecule has 3 aromatic carbocycles. The summed E-state index contributed by atoms with van der Waals surface area (Å²) < 4.78 is 50.6. The summed E-state index contributed by atoms with van der Waals surface area (Å²) in [4.78, 5) is 32.1. The maximum Gasteiger partial charge on any atom is 0.416 e. The number of nitrogens with one attached hydrogen (secondary N) is 1. The molecule has 0 spiro atoms. The van der Waals surface area contributed by atoms with Gasteiger partial charge in [0, 0.05) is 22.2 Å². The highest BCUT2D eigenvalue weighted by Crippen LogP contribution is 2.36. The predicted molar refractivity (Wildman–Crippen MR) is 143 cm³/mol. The number of ether oxygens (including phenoxy) is 2. The van der Waals surface area contributed by atoms with Gasteiger partial charge in [-0.05, 0) is 54.1 Å². The first-order valence-electron chi connectivity index (χ1n) is 11.4. The summed E-state index contributed by atoms with van der Waals surface area (Å²) in [6, 6.07) is 14.1. The van der Waals surface area contributed by atoms with Crippen LogP contribution in [-0.2, 0) is 22.3 Å². The van der Waals surface area contributed by atoms with E-state index in [1.165, 1.54) is 35.2 Å². The Morgan fingerprint density at radius 3 is 2.54 bits per heavy atom. The highest BCUT2D eigenvalue weighted by atomic mass is 35.5. The van der Waals surface area contributed by atoms with Crippen molar-refractivity contribution in [2.45, 2.75) is 24.4 Å². The van der Waals surface area contributed by atoms with Crippen LogP contribution in [0.4, 0.5) is 24.5 Å². The average molecular weight is 596 g/mol. The number of nitrogens with zero attached hydrogens (tertiary/aromatic N) is 2. The second-order valence-electron chi connectivity index (χ2n) is 8.57. The van der Waals surface area contributed by atoms with Gasteiger partial charge in [-0.15, -0.1) is 0 Å². The van der Waals surface area contributed by atoms with Crippen molar-refractivity contribution in [3.05, 3.63) is 81.8 Å². The minimum absolute atomic E-state index is 0.0153. The molecule has 2 aliphatic heterocycles. The van der Waals surface area contributed by atoms with Gasteiger partial charge in [-0.3, -0.25) is 14.5 Å². The molecule has 2 heterocycles. The fourth-order valence-electron chi connectivity index (χ4n) is 3.93. The zero-order valence-electron chi connectivity index (χ0n) is 19.8. The van der Waals surface area contributed by atoms with Crippen LogP contribution in [0.1, 0.15) is 17.5 Å². The van der Waals surface area contributed by atoms with Gasteiger partial charge < -0.3 is 14.8 Å². The second-order valence-corrected chi connectivity index (χ2v) is 10.6. The summed E-state index contributed by atoms with van der Waals surface area (Å²) in [5.41, 5.74) is 0.121. The molecule has 2 amide bonds. The molecule has 1 unspecified atom stereocenters. The Kier molecular flexibility index (Phi) is 7.66. The molecular weight excluding hydrogens is 578 g/mol. The maximum atomic E-state index is 13.3. The van der Waals surface area contributed by atoms with Crippen LogP contribution in [0.15, 0.2) is 65.7 Å². The standard InChI is InChI=1S/C26H18Cl2F3N3O4S/c27-16-8-17(28)10-19(9-16)32-24(36)22-11-23(35)34(12-14-4-5-20-21(6-14)38-13-37-20)25(39-22)33-18-3-1-2-15(7-18)26(29,30)31/h1-10,22H,11-13H2,(H,32,36). The van der Waals surface area contributed by atoms with E-state index in [9.17, 15) is 22.8 Å². The van der Waals surface area contributed by atoms with Crippen molar-refractivity contribution < 1.29 is 32.2 Å². The van der Waals surface area contributed by atoms with E-state index in [1.807, 2.05) is 0 Å². The van der Waals surface area contributed by atoms with Gasteiger partial charge in [0.1, 0.15) is 5.25 Å². The van der Waals surface area contributed by atoms with Gasteiger partial charge in [0.15, 0.2) is 16.7 Å². The molecule has 5 rings (SSSR count). The Hall–Kier alpha value is -3.41. The van der Waals surface area contributed by atoms with Crippen molar-refractivity contribution in [1.82, 2.24) is 4.90 Å². The van der Waals surface area contributed by atoms with Crippen LogP contribution >= 0.6 is 35.0 Å². The number of amides is 2. The van der Waals surface area contributed by atoms with Gasteiger partial charge in [0.2, 0.25) is 18.6 Å². The molecule has 1 saturated heterocycles. The molecule has 0 bridgehead atoms. The maximum absolute atomic E-state index is 13.3. The van der Waals surface area contributed by atoms with E-state index in [0.29, 0.717) is 32.8 Å². The van der Waals surface area contributed by atoms with Crippen LogP contribution in [0.2, 0.25) is 10.0 Å². The van der Waals surface area contributed by atoms with Crippen molar-refractivity contribution in [2.24, 2.45) is 4.99 Å². The first kappa shape index (κ1) is 27.2. The largest absolute Gasteiger partial charge is 0.454 e. The van der Waals surface area contributed by atoms with Crippen molar-refractivity contribution in [3.63, 3.8) is 0 Å². The van der Waals surface area contributed by atoms with Crippen LogP contribution in [0.25, 0.3) is 0 Å². The number of hydrogen-bond donors (Lipinski definition) is 1.